The van der Waals surface area contributed by atoms with Gasteiger partial charge in [-0.1, -0.05) is 0 Å². The zero-order valence-electron chi connectivity index (χ0n) is 8.23. The summed E-state index contributed by atoms with van der Waals surface area (Å²) in [6.07, 6.45) is 1.96. The van der Waals surface area contributed by atoms with Gasteiger partial charge in [0.05, 0.1) is 6.42 Å². The zero-order valence-corrected chi connectivity index (χ0v) is 8.23. The van der Waals surface area contributed by atoms with E-state index < -0.39 is 0 Å². The summed E-state index contributed by atoms with van der Waals surface area (Å²) in [7, 11) is 1.72. The van der Waals surface area contributed by atoms with Crippen LogP contribution < -0.4 is 9.64 Å². The predicted molar refractivity (Wildman–Crippen MR) is 52.4 cm³/mol. The first-order valence-electron chi connectivity index (χ1n) is 4.56. The number of carbonyl (C=O) groups is 1. The monoisotopic (exact) mass is 192 g/mol. The molecule has 0 aromatic carbocycles. The molecule has 0 N–H and O–H groups in total. The molecule has 1 aliphatic rings. The van der Waals surface area contributed by atoms with Crippen molar-refractivity contribution in [2.75, 3.05) is 11.9 Å². The molecule has 4 nitrogen and oxygen atoms in total. The fourth-order valence-corrected chi connectivity index (χ4v) is 1.49. The van der Waals surface area contributed by atoms with E-state index in [0.29, 0.717) is 18.0 Å². The molecule has 0 radical (unpaired) electrons. The van der Waals surface area contributed by atoms with Crippen molar-refractivity contribution in [3.63, 3.8) is 0 Å². The number of hydrogen-bond acceptors (Lipinski definition) is 3. The summed E-state index contributed by atoms with van der Waals surface area (Å²) in [5.74, 6) is 1.31. The van der Waals surface area contributed by atoms with Crippen molar-refractivity contribution < 1.29 is 9.53 Å². The lowest BCUT2D eigenvalue weighted by Crippen LogP contribution is -2.27. The molecule has 4 heteroatoms. The minimum absolute atomic E-state index is 0.0370. The Morgan fingerprint density at radius 3 is 3.21 bits per heavy atom. The maximum Gasteiger partial charge on any atom is 0.231 e. The van der Waals surface area contributed by atoms with E-state index in [1.807, 2.05) is 13.0 Å². The highest BCUT2D eigenvalue weighted by Crippen LogP contribution is 2.29. The summed E-state index contributed by atoms with van der Waals surface area (Å²) in [5.41, 5.74) is 0. The van der Waals surface area contributed by atoms with Crippen LogP contribution in [0.1, 0.15) is 13.3 Å². The van der Waals surface area contributed by atoms with Crippen molar-refractivity contribution in [2.24, 2.45) is 0 Å². The first-order chi connectivity index (χ1) is 6.68. The number of nitrogens with zero attached hydrogens (tertiary/aromatic N) is 2. The van der Waals surface area contributed by atoms with Crippen LogP contribution in [0.25, 0.3) is 0 Å². The Kier molecular flexibility index (Phi) is 2.11. The van der Waals surface area contributed by atoms with Gasteiger partial charge in [-0.25, -0.2) is 4.98 Å². The molecule has 14 heavy (non-hydrogen) atoms. The van der Waals surface area contributed by atoms with E-state index in [9.17, 15) is 4.79 Å². The smallest absolute Gasteiger partial charge is 0.231 e. The van der Waals surface area contributed by atoms with Crippen LogP contribution in [0.3, 0.4) is 0 Å². The minimum Gasteiger partial charge on any atom is -0.486 e. The number of amides is 1. The van der Waals surface area contributed by atoms with E-state index in [1.54, 1.807) is 24.2 Å². The molecule has 1 amide bonds. The third kappa shape index (κ3) is 1.43. The molecule has 1 atom stereocenters. The quantitative estimate of drug-likeness (QED) is 0.620. The fraction of sp³-hybridized carbons (Fsp3) is 0.400. The molecular formula is C10H12N2O2. The Bertz CT molecular complexity index is 365. The third-order valence-corrected chi connectivity index (χ3v) is 2.23. The topological polar surface area (TPSA) is 42.4 Å². The standard InChI is InChI=1S/C10H12N2O2/c1-7-6-9(13)12(2)10-8(14-7)4-3-5-11-10/h3-5,7H,6H2,1-2H3/t7-/m1/s1. The maximum absolute atomic E-state index is 11.6. The summed E-state index contributed by atoms with van der Waals surface area (Å²) in [4.78, 5) is 17.3. The van der Waals surface area contributed by atoms with Gasteiger partial charge in [0, 0.05) is 13.2 Å². The van der Waals surface area contributed by atoms with Crippen LogP contribution in [0.2, 0.25) is 0 Å². The van der Waals surface area contributed by atoms with Crippen LogP contribution in [-0.2, 0) is 4.79 Å². The van der Waals surface area contributed by atoms with Gasteiger partial charge >= 0.3 is 0 Å². The molecule has 2 heterocycles. The molecule has 0 bridgehead atoms. The summed E-state index contributed by atoms with van der Waals surface area (Å²) in [5, 5.41) is 0. The normalized spacial score (nSPS) is 21.1. The highest BCUT2D eigenvalue weighted by molar-refractivity contribution is 5.94. The Balaban J connectivity index is 2.46. The second kappa shape index (κ2) is 3.29. The third-order valence-electron chi connectivity index (χ3n) is 2.23. The number of aromatic nitrogens is 1. The van der Waals surface area contributed by atoms with Gasteiger partial charge in [-0.3, -0.25) is 9.69 Å². The van der Waals surface area contributed by atoms with Crippen LogP contribution >= 0.6 is 0 Å². The Labute approximate surface area is 82.5 Å². The van der Waals surface area contributed by atoms with E-state index in [4.69, 9.17) is 4.74 Å². The molecular weight excluding hydrogens is 180 g/mol. The lowest BCUT2D eigenvalue weighted by Gasteiger charge is -2.13. The number of hydrogen-bond donors (Lipinski definition) is 0. The lowest BCUT2D eigenvalue weighted by molar-refractivity contribution is -0.119. The van der Waals surface area contributed by atoms with E-state index in [0.717, 1.165) is 0 Å². The Morgan fingerprint density at radius 2 is 2.43 bits per heavy atom. The number of fused-ring (bicyclic) bond motifs is 1. The van der Waals surface area contributed by atoms with Gasteiger partial charge in [0.25, 0.3) is 0 Å². The SMILES string of the molecule is C[C@@H]1CC(=O)N(C)c2ncccc2O1. The number of ether oxygens (including phenoxy) is 1. The van der Waals surface area contributed by atoms with Crippen molar-refractivity contribution in [3.8, 4) is 5.75 Å². The molecule has 74 valence electrons. The summed E-state index contributed by atoms with van der Waals surface area (Å²) in [6, 6.07) is 3.63. The number of carbonyl (C=O) groups excluding carboxylic acids is 1. The number of anilines is 1. The average Bonchev–Trinajstić information content (AvgIpc) is 2.26. The lowest BCUT2D eigenvalue weighted by atomic mass is 10.3. The van der Waals surface area contributed by atoms with E-state index in [2.05, 4.69) is 4.98 Å². The first kappa shape index (κ1) is 8.99. The second-order valence-electron chi connectivity index (χ2n) is 3.41. The molecule has 0 spiro atoms. The Morgan fingerprint density at radius 1 is 1.64 bits per heavy atom. The van der Waals surface area contributed by atoms with Crippen molar-refractivity contribution in [1.29, 1.82) is 0 Å². The van der Waals surface area contributed by atoms with E-state index in [-0.39, 0.29) is 12.0 Å². The highest BCUT2D eigenvalue weighted by atomic mass is 16.5. The predicted octanol–water partition coefficient (Wildman–Crippen LogP) is 1.22. The van der Waals surface area contributed by atoms with Gasteiger partial charge in [-0.05, 0) is 19.1 Å². The van der Waals surface area contributed by atoms with Crippen molar-refractivity contribution in [1.82, 2.24) is 4.98 Å². The van der Waals surface area contributed by atoms with Gasteiger partial charge in [-0.2, -0.15) is 0 Å². The van der Waals surface area contributed by atoms with Gasteiger partial charge < -0.3 is 4.74 Å². The molecule has 0 saturated carbocycles. The molecule has 0 unspecified atom stereocenters. The van der Waals surface area contributed by atoms with Gasteiger partial charge in [0.15, 0.2) is 11.6 Å². The van der Waals surface area contributed by atoms with Crippen molar-refractivity contribution in [3.05, 3.63) is 18.3 Å². The average molecular weight is 192 g/mol. The summed E-state index contributed by atoms with van der Waals surface area (Å²) in [6.45, 7) is 1.88. The van der Waals surface area contributed by atoms with Crippen molar-refractivity contribution in [2.45, 2.75) is 19.4 Å². The van der Waals surface area contributed by atoms with E-state index >= 15 is 0 Å². The van der Waals surface area contributed by atoms with Crippen LogP contribution in [0, 0.1) is 0 Å². The molecule has 0 fully saturated rings. The molecule has 0 aliphatic carbocycles. The van der Waals surface area contributed by atoms with Gasteiger partial charge in [0.2, 0.25) is 5.91 Å². The number of pyridine rings is 1. The highest BCUT2D eigenvalue weighted by Gasteiger charge is 2.24. The number of rotatable bonds is 0. The molecule has 0 saturated heterocycles. The summed E-state index contributed by atoms with van der Waals surface area (Å²) < 4.78 is 5.57. The van der Waals surface area contributed by atoms with E-state index in [1.165, 1.54) is 0 Å². The van der Waals surface area contributed by atoms with Crippen LogP contribution in [0.15, 0.2) is 18.3 Å². The summed E-state index contributed by atoms with van der Waals surface area (Å²) >= 11 is 0. The molecule has 2 rings (SSSR count). The maximum atomic E-state index is 11.6. The fourth-order valence-electron chi connectivity index (χ4n) is 1.49. The minimum atomic E-state index is -0.0876. The molecule has 1 aromatic rings. The van der Waals surface area contributed by atoms with Crippen LogP contribution in [0.4, 0.5) is 5.82 Å². The van der Waals surface area contributed by atoms with Crippen LogP contribution in [-0.4, -0.2) is 24.0 Å². The second-order valence-corrected chi connectivity index (χ2v) is 3.41. The van der Waals surface area contributed by atoms with Crippen LogP contribution in [0.5, 0.6) is 5.75 Å². The zero-order chi connectivity index (χ0) is 10.1. The molecule has 1 aromatic heterocycles. The van der Waals surface area contributed by atoms with Gasteiger partial charge in [-0.15, -0.1) is 0 Å². The first-order valence-corrected chi connectivity index (χ1v) is 4.56. The van der Waals surface area contributed by atoms with Crippen molar-refractivity contribution >= 4 is 11.7 Å². The molecule has 1 aliphatic heterocycles. The van der Waals surface area contributed by atoms with Gasteiger partial charge in [0.1, 0.15) is 6.10 Å². The Hall–Kier alpha value is -1.58. The largest absolute Gasteiger partial charge is 0.486 e.